The first-order valence-electron chi connectivity index (χ1n) is 7.79. The zero-order chi connectivity index (χ0) is 16.6. The molecule has 0 saturated carbocycles. The number of carbonyl (C=O) groups excluding carboxylic acids is 1. The third-order valence-electron chi connectivity index (χ3n) is 4.15. The summed E-state index contributed by atoms with van der Waals surface area (Å²) in [5.74, 6) is 0.0123. The molecule has 0 unspecified atom stereocenters. The fraction of sp³-hybridized carbons (Fsp3) is 0.929. The standard InChI is InChI=1S/C14H29N3O4S/c1-4-17(22(3,19)20)11-5-8-16-13(18)14(12-21-2)6-9-15-10-7-14/h15H,4-12H2,1-3H3,(H,16,18). The molecule has 1 rings (SSSR count). The van der Waals surface area contributed by atoms with Crippen molar-refractivity contribution in [2.75, 3.05) is 52.7 Å². The lowest BCUT2D eigenvalue weighted by molar-refractivity contribution is -0.136. The van der Waals surface area contributed by atoms with Crippen molar-refractivity contribution in [2.24, 2.45) is 5.41 Å². The lowest BCUT2D eigenvalue weighted by Gasteiger charge is -2.35. The van der Waals surface area contributed by atoms with E-state index in [1.807, 2.05) is 6.92 Å². The van der Waals surface area contributed by atoms with E-state index in [0.29, 0.717) is 32.7 Å². The zero-order valence-electron chi connectivity index (χ0n) is 13.9. The normalized spacial score (nSPS) is 18.4. The van der Waals surface area contributed by atoms with Crippen LogP contribution in [-0.4, -0.2) is 71.3 Å². The zero-order valence-corrected chi connectivity index (χ0v) is 14.7. The van der Waals surface area contributed by atoms with Crippen LogP contribution < -0.4 is 10.6 Å². The molecule has 8 heteroatoms. The van der Waals surface area contributed by atoms with Crippen molar-refractivity contribution in [3.05, 3.63) is 0 Å². The van der Waals surface area contributed by atoms with Gasteiger partial charge in [-0.3, -0.25) is 4.79 Å². The summed E-state index contributed by atoms with van der Waals surface area (Å²) in [5, 5.41) is 6.19. The molecule has 1 amide bonds. The Morgan fingerprint density at radius 2 is 2.00 bits per heavy atom. The molecule has 0 aromatic rings. The molecule has 0 spiro atoms. The van der Waals surface area contributed by atoms with Crippen molar-refractivity contribution in [1.29, 1.82) is 0 Å². The van der Waals surface area contributed by atoms with E-state index < -0.39 is 15.4 Å². The van der Waals surface area contributed by atoms with E-state index in [-0.39, 0.29) is 5.91 Å². The van der Waals surface area contributed by atoms with Gasteiger partial charge in [-0.05, 0) is 32.4 Å². The van der Waals surface area contributed by atoms with Crippen LogP contribution >= 0.6 is 0 Å². The predicted octanol–water partition coefficient (Wildman–Crippen LogP) is -0.210. The van der Waals surface area contributed by atoms with Crippen molar-refractivity contribution >= 4 is 15.9 Å². The van der Waals surface area contributed by atoms with Gasteiger partial charge in [0, 0.05) is 26.7 Å². The number of hydrogen-bond acceptors (Lipinski definition) is 5. The summed E-state index contributed by atoms with van der Waals surface area (Å²) in [4.78, 5) is 12.5. The van der Waals surface area contributed by atoms with Crippen LogP contribution in [0.1, 0.15) is 26.2 Å². The second kappa shape index (κ2) is 8.81. The average molecular weight is 335 g/mol. The van der Waals surface area contributed by atoms with E-state index in [1.54, 1.807) is 7.11 Å². The summed E-state index contributed by atoms with van der Waals surface area (Å²) in [5.41, 5.74) is -0.457. The number of hydrogen-bond donors (Lipinski definition) is 2. The Hall–Kier alpha value is -0.700. The maximum Gasteiger partial charge on any atom is 0.228 e. The lowest BCUT2D eigenvalue weighted by Crippen LogP contribution is -2.50. The molecule has 0 aliphatic carbocycles. The number of carbonyl (C=O) groups is 1. The highest BCUT2D eigenvalue weighted by atomic mass is 32.2. The monoisotopic (exact) mass is 335 g/mol. The molecule has 1 saturated heterocycles. The molecule has 22 heavy (non-hydrogen) atoms. The first-order chi connectivity index (χ1) is 10.4. The molecule has 1 aliphatic rings. The summed E-state index contributed by atoms with van der Waals surface area (Å²) in [6, 6.07) is 0. The van der Waals surface area contributed by atoms with Gasteiger partial charge >= 0.3 is 0 Å². The summed E-state index contributed by atoms with van der Waals surface area (Å²) in [6.07, 6.45) is 3.33. The second-order valence-electron chi connectivity index (χ2n) is 5.83. The largest absolute Gasteiger partial charge is 0.384 e. The topological polar surface area (TPSA) is 87.7 Å². The Bertz CT molecular complexity index is 441. The molecule has 1 heterocycles. The van der Waals surface area contributed by atoms with Crippen molar-refractivity contribution in [3.8, 4) is 0 Å². The van der Waals surface area contributed by atoms with Gasteiger partial charge in [0.2, 0.25) is 15.9 Å². The van der Waals surface area contributed by atoms with Gasteiger partial charge in [0.1, 0.15) is 0 Å². The van der Waals surface area contributed by atoms with Gasteiger partial charge in [0.25, 0.3) is 0 Å². The molecule has 2 N–H and O–H groups in total. The number of nitrogens with zero attached hydrogens (tertiary/aromatic N) is 1. The average Bonchev–Trinajstić information content (AvgIpc) is 2.47. The van der Waals surface area contributed by atoms with E-state index in [4.69, 9.17) is 4.74 Å². The van der Waals surface area contributed by atoms with Gasteiger partial charge in [-0.2, -0.15) is 0 Å². The maximum absolute atomic E-state index is 12.5. The van der Waals surface area contributed by atoms with Crippen LogP contribution in [0.2, 0.25) is 0 Å². The Balaban J connectivity index is 2.44. The second-order valence-corrected chi connectivity index (χ2v) is 7.81. The van der Waals surface area contributed by atoms with E-state index in [2.05, 4.69) is 10.6 Å². The van der Waals surface area contributed by atoms with Gasteiger partial charge in [0.05, 0.1) is 18.3 Å². The molecule has 130 valence electrons. The highest BCUT2D eigenvalue weighted by Gasteiger charge is 2.39. The van der Waals surface area contributed by atoms with Crippen LogP contribution in [0.25, 0.3) is 0 Å². The van der Waals surface area contributed by atoms with Crippen molar-refractivity contribution in [2.45, 2.75) is 26.2 Å². The molecule has 0 bridgehead atoms. The van der Waals surface area contributed by atoms with Crippen molar-refractivity contribution in [3.63, 3.8) is 0 Å². The first-order valence-corrected chi connectivity index (χ1v) is 9.63. The van der Waals surface area contributed by atoms with Crippen LogP contribution in [0.4, 0.5) is 0 Å². The Morgan fingerprint density at radius 3 is 2.50 bits per heavy atom. The van der Waals surface area contributed by atoms with Crippen LogP contribution in [-0.2, 0) is 19.6 Å². The molecule has 7 nitrogen and oxygen atoms in total. The SMILES string of the molecule is CCN(CCCNC(=O)C1(COC)CCNCC1)S(C)(=O)=O. The number of methoxy groups -OCH3 is 1. The molecular formula is C14H29N3O4S. The van der Waals surface area contributed by atoms with Crippen LogP contribution in [0.5, 0.6) is 0 Å². The van der Waals surface area contributed by atoms with Gasteiger partial charge in [-0.25, -0.2) is 12.7 Å². The van der Waals surface area contributed by atoms with Gasteiger partial charge in [-0.15, -0.1) is 0 Å². The quantitative estimate of drug-likeness (QED) is 0.569. The van der Waals surface area contributed by atoms with Crippen LogP contribution in [0, 0.1) is 5.41 Å². The van der Waals surface area contributed by atoms with Crippen LogP contribution in [0.3, 0.4) is 0 Å². The highest BCUT2D eigenvalue weighted by Crippen LogP contribution is 2.29. The van der Waals surface area contributed by atoms with E-state index in [0.717, 1.165) is 25.9 Å². The fourth-order valence-corrected chi connectivity index (χ4v) is 3.75. The van der Waals surface area contributed by atoms with Gasteiger partial charge < -0.3 is 15.4 Å². The summed E-state index contributed by atoms with van der Waals surface area (Å²) >= 11 is 0. The lowest BCUT2D eigenvalue weighted by atomic mass is 9.78. The predicted molar refractivity (Wildman–Crippen MR) is 86.1 cm³/mol. The Labute approximate surface area is 133 Å². The van der Waals surface area contributed by atoms with Crippen LogP contribution in [0.15, 0.2) is 0 Å². The van der Waals surface area contributed by atoms with E-state index >= 15 is 0 Å². The van der Waals surface area contributed by atoms with Crippen molar-refractivity contribution < 1.29 is 17.9 Å². The Kier molecular flexibility index (Phi) is 7.75. The summed E-state index contributed by atoms with van der Waals surface area (Å²) in [6.45, 7) is 5.21. The number of sulfonamides is 1. The Morgan fingerprint density at radius 1 is 1.36 bits per heavy atom. The molecule has 0 aromatic carbocycles. The summed E-state index contributed by atoms with van der Waals surface area (Å²) < 4.78 is 29.6. The first kappa shape index (κ1) is 19.3. The molecule has 0 radical (unpaired) electrons. The molecular weight excluding hydrogens is 306 g/mol. The molecule has 0 atom stereocenters. The maximum atomic E-state index is 12.5. The third-order valence-corrected chi connectivity index (χ3v) is 5.53. The number of amides is 1. The third kappa shape index (κ3) is 5.49. The number of rotatable bonds is 9. The molecule has 0 aromatic heterocycles. The number of ether oxygens (including phenoxy) is 1. The highest BCUT2D eigenvalue weighted by molar-refractivity contribution is 7.88. The number of nitrogens with one attached hydrogen (secondary N) is 2. The fourth-order valence-electron chi connectivity index (χ4n) is 2.82. The van der Waals surface area contributed by atoms with Gasteiger partial charge in [0.15, 0.2) is 0 Å². The minimum Gasteiger partial charge on any atom is -0.384 e. The van der Waals surface area contributed by atoms with E-state index in [9.17, 15) is 13.2 Å². The van der Waals surface area contributed by atoms with E-state index in [1.165, 1.54) is 10.6 Å². The minimum absolute atomic E-state index is 0.0123. The summed E-state index contributed by atoms with van der Waals surface area (Å²) in [7, 11) is -1.55. The molecule has 1 fully saturated rings. The minimum atomic E-state index is -3.16. The van der Waals surface area contributed by atoms with Crippen molar-refractivity contribution in [1.82, 2.24) is 14.9 Å². The van der Waals surface area contributed by atoms with Gasteiger partial charge in [-0.1, -0.05) is 6.92 Å². The number of piperidine rings is 1. The smallest absolute Gasteiger partial charge is 0.228 e. The molecule has 1 aliphatic heterocycles.